The van der Waals surface area contributed by atoms with Crippen molar-refractivity contribution in [2.75, 3.05) is 11.9 Å². The SMILES string of the molecule is Cc1cc(-c2nnco2)ccc1NC(=O)CCCO. The van der Waals surface area contributed by atoms with E-state index < -0.39 is 0 Å². The number of hydrogen-bond donors (Lipinski definition) is 2. The van der Waals surface area contributed by atoms with Gasteiger partial charge in [0.1, 0.15) is 0 Å². The Bertz CT molecular complexity index is 552. The summed E-state index contributed by atoms with van der Waals surface area (Å²) < 4.78 is 5.11. The van der Waals surface area contributed by atoms with E-state index in [9.17, 15) is 4.79 Å². The lowest BCUT2D eigenvalue weighted by Gasteiger charge is -2.08. The molecule has 0 saturated carbocycles. The first-order valence-electron chi connectivity index (χ1n) is 5.98. The Labute approximate surface area is 110 Å². The molecule has 0 aliphatic rings. The first-order valence-corrected chi connectivity index (χ1v) is 5.98. The first-order chi connectivity index (χ1) is 9.20. The maximum atomic E-state index is 11.6. The average Bonchev–Trinajstić information content (AvgIpc) is 2.92. The fourth-order valence-corrected chi connectivity index (χ4v) is 1.69. The summed E-state index contributed by atoms with van der Waals surface area (Å²) in [6.45, 7) is 1.91. The van der Waals surface area contributed by atoms with Gasteiger partial charge in [-0.05, 0) is 37.1 Å². The maximum Gasteiger partial charge on any atom is 0.247 e. The molecule has 0 aliphatic carbocycles. The van der Waals surface area contributed by atoms with Gasteiger partial charge in [-0.15, -0.1) is 10.2 Å². The van der Waals surface area contributed by atoms with E-state index in [-0.39, 0.29) is 12.5 Å². The molecule has 0 aliphatic heterocycles. The van der Waals surface area contributed by atoms with Crippen LogP contribution >= 0.6 is 0 Å². The molecule has 0 spiro atoms. The molecular weight excluding hydrogens is 246 g/mol. The first kappa shape index (κ1) is 13.2. The van der Waals surface area contributed by atoms with E-state index in [1.54, 1.807) is 6.07 Å². The summed E-state index contributed by atoms with van der Waals surface area (Å²) in [7, 11) is 0. The Morgan fingerprint density at radius 2 is 2.32 bits per heavy atom. The molecule has 6 heteroatoms. The fraction of sp³-hybridized carbons (Fsp3) is 0.308. The Morgan fingerprint density at radius 3 is 2.95 bits per heavy atom. The van der Waals surface area contributed by atoms with Crippen LogP contribution in [0.5, 0.6) is 0 Å². The monoisotopic (exact) mass is 261 g/mol. The van der Waals surface area contributed by atoms with Gasteiger partial charge in [-0.2, -0.15) is 0 Å². The number of aliphatic hydroxyl groups excluding tert-OH is 1. The quantitative estimate of drug-likeness (QED) is 0.856. The molecular formula is C13H15N3O3. The third-order valence-electron chi connectivity index (χ3n) is 2.67. The number of nitrogens with zero attached hydrogens (tertiary/aromatic N) is 2. The molecule has 0 radical (unpaired) electrons. The highest BCUT2D eigenvalue weighted by atomic mass is 16.4. The van der Waals surface area contributed by atoms with E-state index in [1.807, 2.05) is 19.1 Å². The number of aryl methyl sites for hydroxylation is 1. The zero-order chi connectivity index (χ0) is 13.7. The zero-order valence-electron chi connectivity index (χ0n) is 10.6. The standard InChI is InChI=1S/C13H15N3O3/c1-9-7-10(13-16-14-8-19-13)4-5-11(9)15-12(18)3-2-6-17/h4-5,7-8,17H,2-3,6H2,1H3,(H,15,18). The van der Waals surface area contributed by atoms with E-state index in [2.05, 4.69) is 15.5 Å². The van der Waals surface area contributed by atoms with Gasteiger partial charge in [0.15, 0.2) is 0 Å². The van der Waals surface area contributed by atoms with Crippen molar-refractivity contribution in [1.82, 2.24) is 10.2 Å². The minimum absolute atomic E-state index is 0.0164. The molecule has 0 fully saturated rings. The number of aromatic nitrogens is 2. The van der Waals surface area contributed by atoms with Crippen LogP contribution in [0.25, 0.3) is 11.5 Å². The third-order valence-corrected chi connectivity index (χ3v) is 2.67. The van der Waals surface area contributed by atoms with Crippen molar-refractivity contribution in [1.29, 1.82) is 0 Å². The number of anilines is 1. The van der Waals surface area contributed by atoms with Crippen molar-refractivity contribution in [3.63, 3.8) is 0 Å². The smallest absolute Gasteiger partial charge is 0.247 e. The van der Waals surface area contributed by atoms with Crippen LogP contribution in [-0.4, -0.2) is 27.8 Å². The molecule has 1 heterocycles. The molecule has 0 atom stereocenters. The Morgan fingerprint density at radius 1 is 1.47 bits per heavy atom. The van der Waals surface area contributed by atoms with E-state index in [0.717, 1.165) is 16.8 Å². The minimum atomic E-state index is -0.109. The van der Waals surface area contributed by atoms with E-state index in [0.29, 0.717) is 18.7 Å². The number of benzene rings is 1. The van der Waals surface area contributed by atoms with Crippen molar-refractivity contribution < 1.29 is 14.3 Å². The second-order valence-corrected chi connectivity index (χ2v) is 4.15. The highest BCUT2D eigenvalue weighted by Gasteiger charge is 2.08. The van der Waals surface area contributed by atoms with Crippen LogP contribution in [0, 0.1) is 6.92 Å². The Kier molecular flexibility index (Phi) is 4.25. The Hall–Kier alpha value is -2.21. The molecule has 2 rings (SSSR count). The number of rotatable bonds is 5. The molecule has 0 saturated heterocycles. The molecule has 0 bridgehead atoms. The summed E-state index contributed by atoms with van der Waals surface area (Å²) in [5.74, 6) is 0.337. The van der Waals surface area contributed by atoms with Crippen LogP contribution in [0.4, 0.5) is 5.69 Å². The van der Waals surface area contributed by atoms with Gasteiger partial charge in [0, 0.05) is 24.3 Å². The van der Waals surface area contributed by atoms with Crippen LogP contribution in [0.3, 0.4) is 0 Å². The van der Waals surface area contributed by atoms with Crippen molar-refractivity contribution in [3.05, 3.63) is 30.2 Å². The van der Waals surface area contributed by atoms with Crippen LogP contribution < -0.4 is 5.32 Å². The fourth-order valence-electron chi connectivity index (χ4n) is 1.69. The van der Waals surface area contributed by atoms with Crippen LogP contribution in [0.2, 0.25) is 0 Å². The van der Waals surface area contributed by atoms with Crippen molar-refractivity contribution in [2.24, 2.45) is 0 Å². The largest absolute Gasteiger partial charge is 0.423 e. The van der Waals surface area contributed by atoms with Gasteiger partial charge in [-0.25, -0.2) is 0 Å². The predicted molar refractivity (Wildman–Crippen MR) is 69.4 cm³/mol. The summed E-state index contributed by atoms with van der Waals surface area (Å²) in [4.78, 5) is 11.6. The summed E-state index contributed by atoms with van der Waals surface area (Å²) in [5.41, 5.74) is 2.46. The van der Waals surface area contributed by atoms with E-state index in [4.69, 9.17) is 9.52 Å². The highest BCUT2D eigenvalue weighted by Crippen LogP contribution is 2.23. The van der Waals surface area contributed by atoms with Gasteiger partial charge in [0.25, 0.3) is 0 Å². The zero-order valence-corrected chi connectivity index (χ0v) is 10.6. The highest BCUT2D eigenvalue weighted by molar-refractivity contribution is 5.91. The number of carbonyl (C=O) groups excluding carboxylic acids is 1. The average molecular weight is 261 g/mol. The lowest BCUT2D eigenvalue weighted by atomic mass is 10.1. The van der Waals surface area contributed by atoms with Gasteiger partial charge in [0.05, 0.1) is 0 Å². The Balaban J connectivity index is 2.09. The van der Waals surface area contributed by atoms with Crippen LogP contribution in [-0.2, 0) is 4.79 Å². The number of hydrogen-bond acceptors (Lipinski definition) is 5. The molecule has 6 nitrogen and oxygen atoms in total. The number of aliphatic hydroxyl groups is 1. The molecule has 2 aromatic rings. The maximum absolute atomic E-state index is 11.6. The molecule has 2 N–H and O–H groups in total. The van der Waals surface area contributed by atoms with Crippen LogP contribution in [0.15, 0.2) is 29.0 Å². The van der Waals surface area contributed by atoms with Crippen molar-refractivity contribution >= 4 is 11.6 Å². The molecule has 1 amide bonds. The van der Waals surface area contributed by atoms with Gasteiger partial charge >= 0.3 is 0 Å². The van der Waals surface area contributed by atoms with Gasteiger partial charge in [0.2, 0.25) is 18.2 Å². The summed E-state index contributed by atoms with van der Waals surface area (Å²) in [6, 6.07) is 5.48. The molecule has 100 valence electrons. The molecule has 19 heavy (non-hydrogen) atoms. The predicted octanol–water partition coefficient (Wildman–Crippen LogP) is 1.76. The molecule has 0 unspecified atom stereocenters. The lowest BCUT2D eigenvalue weighted by Crippen LogP contribution is -2.12. The lowest BCUT2D eigenvalue weighted by molar-refractivity contribution is -0.116. The van der Waals surface area contributed by atoms with Crippen molar-refractivity contribution in [2.45, 2.75) is 19.8 Å². The second-order valence-electron chi connectivity index (χ2n) is 4.15. The van der Waals surface area contributed by atoms with E-state index in [1.165, 1.54) is 6.39 Å². The minimum Gasteiger partial charge on any atom is -0.423 e. The summed E-state index contributed by atoms with van der Waals surface area (Å²) in [5, 5.41) is 18.9. The second kappa shape index (κ2) is 6.10. The normalized spacial score (nSPS) is 10.4. The van der Waals surface area contributed by atoms with Gasteiger partial charge in [-0.3, -0.25) is 4.79 Å². The summed E-state index contributed by atoms with van der Waals surface area (Å²) >= 11 is 0. The van der Waals surface area contributed by atoms with Crippen LogP contribution in [0.1, 0.15) is 18.4 Å². The molecule has 1 aromatic heterocycles. The topological polar surface area (TPSA) is 88.3 Å². The third kappa shape index (κ3) is 3.38. The van der Waals surface area contributed by atoms with E-state index >= 15 is 0 Å². The van der Waals surface area contributed by atoms with Gasteiger partial charge < -0.3 is 14.8 Å². The number of carbonyl (C=O) groups is 1. The number of amides is 1. The number of nitrogens with one attached hydrogen (secondary N) is 1. The summed E-state index contributed by atoms with van der Waals surface area (Å²) in [6.07, 6.45) is 2.04. The van der Waals surface area contributed by atoms with Crippen molar-refractivity contribution in [3.8, 4) is 11.5 Å². The van der Waals surface area contributed by atoms with Gasteiger partial charge in [-0.1, -0.05) is 0 Å². The molecule has 1 aromatic carbocycles.